The molecule has 1 aromatic carbocycles. The maximum Gasteiger partial charge on any atom is 0.236 e. The van der Waals surface area contributed by atoms with Gasteiger partial charge in [0, 0.05) is 26.2 Å². The summed E-state index contributed by atoms with van der Waals surface area (Å²) < 4.78 is 0. The number of fused-ring (bicyclic) bond motifs is 1. The average Bonchev–Trinajstić information content (AvgIpc) is 2.98. The molecule has 4 heteroatoms. The van der Waals surface area contributed by atoms with Crippen molar-refractivity contribution in [3.63, 3.8) is 0 Å². The number of nitrogens with zero attached hydrogens (tertiary/aromatic N) is 2. The molecule has 1 saturated carbocycles. The maximum atomic E-state index is 12.7. The van der Waals surface area contributed by atoms with Gasteiger partial charge in [0.15, 0.2) is 0 Å². The third-order valence-electron chi connectivity index (χ3n) is 5.84. The first-order chi connectivity index (χ1) is 11.1. The predicted molar refractivity (Wildman–Crippen MR) is 92.9 cm³/mol. The monoisotopic (exact) mass is 315 g/mol. The second-order valence-electron chi connectivity index (χ2n) is 7.30. The lowest BCUT2D eigenvalue weighted by Crippen LogP contribution is -2.40. The molecule has 0 bridgehead atoms. The minimum atomic E-state index is 0.107. The lowest BCUT2D eigenvalue weighted by molar-refractivity contribution is -0.132. The van der Waals surface area contributed by atoms with Crippen LogP contribution in [0.4, 0.5) is 0 Å². The van der Waals surface area contributed by atoms with E-state index in [-0.39, 0.29) is 11.9 Å². The molecule has 2 aliphatic rings. The van der Waals surface area contributed by atoms with E-state index >= 15 is 0 Å². The summed E-state index contributed by atoms with van der Waals surface area (Å²) in [5.41, 5.74) is 7.46. The van der Waals surface area contributed by atoms with Crippen molar-refractivity contribution in [2.45, 2.75) is 38.3 Å². The van der Waals surface area contributed by atoms with Crippen molar-refractivity contribution in [3.8, 4) is 0 Å². The van der Waals surface area contributed by atoms with E-state index in [1.54, 1.807) is 0 Å². The lowest BCUT2D eigenvalue weighted by atomic mass is 9.78. The molecule has 1 aromatic rings. The van der Waals surface area contributed by atoms with Crippen molar-refractivity contribution < 1.29 is 4.79 Å². The highest BCUT2D eigenvalue weighted by Gasteiger charge is 2.39. The zero-order valence-electron chi connectivity index (χ0n) is 14.3. The zero-order chi connectivity index (χ0) is 16.4. The Kier molecular flexibility index (Phi) is 5.02. The molecule has 1 amide bonds. The van der Waals surface area contributed by atoms with Crippen molar-refractivity contribution in [1.82, 2.24) is 9.80 Å². The molecule has 4 atom stereocenters. The van der Waals surface area contributed by atoms with Gasteiger partial charge < -0.3 is 10.6 Å². The number of benzene rings is 1. The molecule has 126 valence electrons. The first kappa shape index (κ1) is 16.5. The molecule has 1 aliphatic heterocycles. The minimum absolute atomic E-state index is 0.107. The van der Waals surface area contributed by atoms with E-state index in [9.17, 15) is 4.79 Å². The predicted octanol–water partition coefficient (Wildman–Crippen LogP) is 2.27. The number of hydrogen-bond acceptors (Lipinski definition) is 3. The Bertz CT molecular complexity index is 533. The van der Waals surface area contributed by atoms with Gasteiger partial charge in [0.2, 0.25) is 5.91 Å². The normalized spacial score (nSPS) is 29.1. The van der Waals surface area contributed by atoms with E-state index < -0.39 is 0 Å². The maximum absolute atomic E-state index is 12.7. The third-order valence-corrected chi connectivity index (χ3v) is 5.84. The average molecular weight is 315 g/mol. The van der Waals surface area contributed by atoms with Crippen molar-refractivity contribution >= 4 is 5.91 Å². The van der Waals surface area contributed by atoms with E-state index in [2.05, 4.69) is 24.0 Å². The first-order valence-electron chi connectivity index (χ1n) is 8.85. The van der Waals surface area contributed by atoms with Crippen LogP contribution in [0.15, 0.2) is 30.3 Å². The van der Waals surface area contributed by atoms with Gasteiger partial charge in [0.1, 0.15) is 0 Å². The number of rotatable bonds is 4. The van der Waals surface area contributed by atoms with Gasteiger partial charge >= 0.3 is 0 Å². The van der Waals surface area contributed by atoms with Crippen LogP contribution in [0.3, 0.4) is 0 Å². The summed E-state index contributed by atoms with van der Waals surface area (Å²) in [6.07, 6.45) is 3.67. The molecule has 0 aromatic heterocycles. The molecule has 4 unspecified atom stereocenters. The second kappa shape index (κ2) is 7.02. The van der Waals surface area contributed by atoms with E-state index in [1.807, 2.05) is 30.1 Å². The third kappa shape index (κ3) is 3.59. The number of likely N-dealkylation sites (tertiary alicyclic amines) is 1. The van der Waals surface area contributed by atoms with Gasteiger partial charge in [0.25, 0.3) is 0 Å². The molecule has 3 rings (SSSR count). The van der Waals surface area contributed by atoms with Gasteiger partial charge in [-0.25, -0.2) is 0 Å². The summed E-state index contributed by atoms with van der Waals surface area (Å²) in [5, 5.41) is 0. The van der Waals surface area contributed by atoms with Gasteiger partial charge in [-0.05, 0) is 37.2 Å². The van der Waals surface area contributed by atoms with Gasteiger partial charge in [-0.15, -0.1) is 0 Å². The molecule has 1 heterocycles. The molecule has 23 heavy (non-hydrogen) atoms. The Morgan fingerprint density at radius 3 is 2.74 bits per heavy atom. The van der Waals surface area contributed by atoms with Crippen molar-refractivity contribution in [2.24, 2.45) is 17.6 Å². The Balaban J connectivity index is 1.57. The van der Waals surface area contributed by atoms with Crippen LogP contribution in [-0.4, -0.2) is 48.4 Å². The smallest absolute Gasteiger partial charge is 0.236 e. The summed E-state index contributed by atoms with van der Waals surface area (Å²) in [4.78, 5) is 16.8. The van der Waals surface area contributed by atoms with E-state index in [1.165, 1.54) is 18.4 Å². The van der Waals surface area contributed by atoms with Crippen molar-refractivity contribution in [3.05, 3.63) is 35.9 Å². The van der Waals surface area contributed by atoms with E-state index in [4.69, 9.17) is 5.73 Å². The molecule has 1 saturated heterocycles. The van der Waals surface area contributed by atoms with Crippen LogP contribution in [-0.2, 0) is 4.79 Å². The van der Waals surface area contributed by atoms with Crippen LogP contribution in [0.25, 0.3) is 0 Å². The van der Waals surface area contributed by atoms with Gasteiger partial charge in [-0.1, -0.05) is 36.8 Å². The molecule has 2 fully saturated rings. The molecule has 4 nitrogen and oxygen atoms in total. The largest absolute Gasteiger partial charge is 0.338 e. The highest BCUT2D eigenvalue weighted by molar-refractivity contribution is 5.78. The van der Waals surface area contributed by atoms with Crippen LogP contribution in [0.5, 0.6) is 0 Å². The van der Waals surface area contributed by atoms with Gasteiger partial charge in [0.05, 0.1) is 12.6 Å². The summed E-state index contributed by atoms with van der Waals surface area (Å²) >= 11 is 0. The molecule has 0 radical (unpaired) electrons. The lowest BCUT2D eigenvalue weighted by Gasteiger charge is -2.30. The number of nitrogens with two attached hydrogens (primary N) is 1. The summed E-state index contributed by atoms with van der Waals surface area (Å²) in [6.45, 7) is 4.64. The fourth-order valence-electron chi connectivity index (χ4n) is 4.21. The van der Waals surface area contributed by atoms with Crippen LogP contribution in [0.1, 0.15) is 37.8 Å². The van der Waals surface area contributed by atoms with Crippen LogP contribution in [0.2, 0.25) is 0 Å². The SMILES string of the molecule is CC(c1ccccc1)N(C)C(=O)CN1CC2CCCC(N)C2C1. The topological polar surface area (TPSA) is 49.6 Å². The van der Waals surface area contributed by atoms with E-state index in [0.29, 0.717) is 24.4 Å². The summed E-state index contributed by atoms with van der Waals surface area (Å²) in [7, 11) is 1.91. The van der Waals surface area contributed by atoms with Gasteiger partial charge in [-0.2, -0.15) is 0 Å². The van der Waals surface area contributed by atoms with Crippen LogP contribution >= 0.6 is 0 Å². The molecular formula is C19H29N3O. The van der Waals surface area contributed by atoms with Crippen LogP contribution < -0.4 is 5.73 Å². The minimum Gasteiger partial charge on any atom is -0.338 e. The Labute approximate surface area is 139 Å². The highest BCUT2D eigenvalue weighted by atomic mass is 16.2. The number of carbonyl (C=O) groups excluding carboxylic acids is 1. The quantitative estimate of drug-likeness (QED) is 0.927. The summed E-state index contributed by atoms with van der Waals surface area (Å²) in [5.74, 6) is 1.49. The zero-order valence-corrected chi connectivity index (χ0v) is 14.3. The Morgan fingerprint density at radius 2 is 2.04 bits per heavy atom. The first-order valence-corrected chi connectivity index (χ1v) is 8.85. The fraction of sp³-hybridized carbons (Fsp3) is 0.632. The van der Waals surface area contributed by atoms with Crippen molar-refractivity contribution in [2.75, 3.05) is 26.7 Å². The Hall–Kier alpha value is -1.39. The highest BCUT2D eigenvalue weighted by Crippen LogP contribution is 2.35. The van der Waals surface area contributed by atoms with Crippen LogP contribution in [0, 0.1) is 11.8 Å². The molecule has 0 spiro atoms. The summed E-state index contributed by atoms with van der Waals surface area (Å²) in [6, 6.07) is 10.7. The molecule has 1 aliphatic carbocycles. The number of amides is 1. The molecule has 2 N–H and O–H groups in total. The van der Waals surface area contributed by atoms with Crippen molar-refractivity contribution in [1.29, 1.82) is 0 Å². The number of likely N-dealkylation sites (N-methyl/N-ethyl adjacent to an activating group) is 1. The van der Waals surface area contributed by atoms with E-state index in [0.717, 1.165) is 19.5 Å². The standard InChI is InChI=1S/C19H29N3O/c1-14(15-7-4-3-5-8-15)21(2)19(23)13-22-11-16-9-6-10-18(20)17(16)12-22/h3-5,7-8,14,16-18H,6,9-13,20H2,1-2H3. The number of carbonyl (C=O) groups is 1. The fourth-order valence-corrected chi connectivity index (χ4v) is 4.21. The number of hydrogen-bond donors (Lipinski definition) is 1. The van der Waals surface area contributed by atoms with Gasteiger partial charge in [-0.3, -0.25) is 9.69 Å². The second-order valence-corrected chi connectivity index (χ2v) is 7.30. The Morgan fingerprint density at radius 1 is 1.30 bits per heavy atom. The molecular weight excluding hydrogens is 286 g/mol.